The molecule has 12 heavy (non-hydrogen) atoms. The first-order valence-corrected chi connectivity index (χ1v) is 5.46. The maximum absolute atomic E-state index is 11.2. The molecule has 0 aromatic heterocycles. The topological polar surface area (TPSA) is 26.3 Å². The van der Waals surface area contributed by atoms with E-state index in [4.69, 9.17) is 16.3 Å². The van der Waals surface area contributed by atoms with Crippen molar-refractivity contribution in [1.29, 1.82) is 0 Å². The molecule has 0 amide bonds. The molecule has 0 aliphatic carbocycles. The van der Waals surface area contributed by atoms with Gasteiger partial charge in [-0.3, -0.25) is 4.79 Å². The van der Waals surface area contributed by atoms with Gasteiger partial charge in [-0.05, 0) is 12.3 Å². The first kappa shape index (κ1) is 10.2. The van der Waals surface area contributed by atoms with Crippen LogP contribution in [0, 0.1) is 5.92 Å². The molecule has 3 atom stereocenters. The van der Waals surface area contributed by atoms with Crippen molar-refractivity contribution in [3.05, 3.63) is 0 Å². The Morgan fingerprint density at radius 1 is 1.75 bits per heavy atom. The summed E-state index contributed by atoms with van der Waals surface area (Å²) in [4.78, 5) is 11.2. The van der Waals surface area contributed by atoms with Crippen LogP contribution in [0.4, 0.5) is 0 Å². The minimum absolute atomic E-state index is 0.0394. The molecule has 2 nitrogen and oxygen atoms in total. The molecule has 0 aromatic carbocycles. The Morgan fingerprint density at radius 2 is 2.42 bits per heavy atom. The molecule has 0 spiro atoms. The lowest BCUT2D eigenvalue weighted by molar-refractivity contribution is -0.140. The molecule has 3 unspecified atom stereocenters. The lowest BCUT2D eigenvalue weighted by Gasteiger charge is -2.12. The highest BCUT2D eigenvalue weighted by Crippen LogP contribution is 2.39. The predicted octanol–water partition coefficient (Wildman–Crippen LogP) is 1.91. The van der Waals surface area contributed by atoms with Gasteiger partial charge in [0.15, 0.2) is 0 Å². The fourth-order valence-electron chi connectivity index (χ4n) is 1.47. The summed E-state index contributed by atoms with van der Waals surface area (Å²) >= 11 is 7.42. The summed E-state index contributed by atoms with van der Waals surface area (Å²) in [5.41, 5.74) is 0. The Balaban J connectivity index is 2.57. The zero-order chi connectivity index (χ0) is 9.14. The van der Waals surface area contributed by atoms with Gasteiger partial charge >= 0.3 is 5.97 Å². The van der Waals surface area contributed by atoms with E-state index in [9.17, 15) is 4.79 Å². The number of carbonyl (C=O) groups is 1. The summed E-state index contributed by atoms with van der Waals surface area (Å²) in [6, 6.07) is 0. The number of methoxy groups -OCH3 is 1. The average molecular weight is 209 g/mol. The van der Waals surface area contributed by atoms with Crippen molar-refractivity contribution in [2.24, 2.45) is 5.92 Å². The van der Waals surface area contributed by atoms with Crippen LogP contribution in [-0.4, -0.2) is 29.5 Å². The number of ether oxygens (including phenoxy) is 1. The lowest BCUT2D eigenvalue weighted by atomic mass is 10.0. The van der Waals surface area contributed by atoms with Crippen LogP contribution < -0.4 is 0 Å². The van der Waals surface area contributed by atoms with Crippen molar-refractivity contribution in [1.82, 2.24) is 0 Å². The van der Waals surface area contributed by atoms with Crippen LogP contribution in [0.1, 0.15) is 13.3 Å². The molecule has 0 bridgehead atoms. The summed E-state index contributed by atoms with van der Waals surface area (Å²) in [5, 5.41) is 0.486. The highest BCUT2D eigenvalue weighted by molar-refractivity contribution is 8.01. The molecule has 0 radical (unpaired) electrons. The van der Waals surface area contributed by atoms with Gasteiger partial charge in [-0.25, -0.2) is 0 Å². The average Bonchev–Trinajstić information content (AvgIpc) is 2.45. The monoisotopic (exact) mass is 208 g/mol. The van der Waals surface area contributed by atoms with Gasteiger partial charge in [0.1, 0.15) is 5.25 Å². The summed E-state index contributed by atoms with van der Waals surface area (Å²) < 4.78 is 4.70. The Morgan fingerprint density at radius 3 is 2.92 bits per heavy atom. The van der Waals surface area contributed by atoms with Gasteiger partial charge in [-0.2, -0.15) is 0 Å². The van der Waals surface area contributed by atoms with Crippen LogP contribution in [0.5, 0.6) is 0 Å². The second-order valence-corrected chi connectivity index (χ2v) is 4.93. The van der Waals surface area contributed by atoms with Gasteiger partial charge in [0.2, 0.25) is 0 Å². The molecule has 0 saturated carbocycles. The van der Waals surface area contributed by atoms with Gasteiger partial charge in [0, 0.05) is 11.1 Å². The van der Waals surface area contributed by atoms with Crippen LogP contribution in [-0.2, 0) is 9.53 Å². The van der Waals surface area contributed by atoms with Gasteiger partial charge in [-0.15, -0.1) is 23.4 Å². The Hall–Kier alpha value is 0.110. The van der Waals surface area contributed by atoms with E-state index in [1.807, 2.05) is 0 Å². The Kier molecular flexibility index (Phi) is 3.72. The molecule has 0 aromatic rings. The van der Waals surface area contributed by atoms with E-state index in [0.29, 0.717) is 17.0 Å². The molecular weight excluding hydrogens is 196 g/mol. The molecule has 0 N–H and O–H groups in total. The number of carbonyl (C=O) groups excluding carboxylic acids is 1. The fourth-order valence-corrected chi connectivity index (χ4v) is 3.38. The number of halogens is 1. The number of alkyl halides is 1. The summed E-state index contributed by atoms with van der Waals surface area (Å²) in [7, 11) is 1.43. The van der Waals surface area contributed by atoms with E-state index in [1.54, 1.807) is 11.8 Å². The first-order valence-electron chi connectivity index (χ1n) is 3.98. The van der Waals surface area contributed by atoms with Gasteiger partial charge in [-0.1, -0.05) is 6.92 Å². The molecule has 1 saturated heterocycles. The fraction of sp³-hybridized carbons (Fsp3) is 0.875. The SMILES string of the molecule is COC(=O)C1SC(C)CC1CCl. The summed E-state index contributed by atoms with van der Waals surface area (Å²) in [6.07, 6.45) is 1.02. The first-order chi connectivity index (χ1) is 5.69. The van der Waals surface area contributed by atoms with Gasteiger partial charge < -0.3 is 4.74 Å². The molecule has 1 heterocycles. The molecule has 1 aliphatic heterocycles. The van der Waals surface area contributed by atoms with Crippen LogP contribution in [0.2, 0.25) is 0 Å². The van der Waals surface area contributed by atoms with Crippen molar-refractivity contribution in [2.45, 2.75) is 23.8 Å². The quantitative estimate of drug-likeness (QED) is 0.512. The van der Waals surface area contributed by atoms with Crippen LogP contribution in [0.25, 0.3) is 0 Å². The molecular formula is C8H13ClO2S. The number of hydrogen-bond donors (Lipinski definition) is 0. The second-order valence-electron chi connectivity index (χ2n) is 3.04. The van der Waals surface area contributed by atoms with Crippen molar-refractivity contribution in [3.8, 4) is 0 Å². The molecule has 4 heteroatoms. The van der Waals surface area contributed by atoms with E-state index in [0.717, 1.165) is 6.42 Å². The van der Waals surface area contributed by atoms with E-state index in [-0.39, 0.29) is 11.2 Å². The molecule has 70 valence electrons. The van der Waals surface area contributed by atoms with E-state index in [2.05, 4.69) is 6.92 Å². The summed E-state index contributed by atoms with van der Waals surface area (Å²) in [6.45, 7) is 2.12. The third-order valence-electron chi connectivity index (χ3n) is 2.07. The Bertz CT molecular complexity index is 174. The zero-order valence-corrected chi connectivity index (χ0v) is 8.82. The van der Waals surface area contributed by atoms with E-state index in [1.165, 1.54) is 7.11 Å². The maximum atomic E-state index is 11.2. The van der Waals surface area contributed by atoms with E-state index < -0.39 is 0 Å². The van der Waals surface area contributed by atoms with E-state index >= 15 is 0 Å². The minimum atomic E-state index is -0.130. The zero-order valence-electron chi connectivity index (χ0n) is 7.25. The predicted molar refractivity (Wildman–Crippen MR) is 51.7 cm³/mol. The molecule has 1 rings (SSSR count). The number of hydrogen-bond acceptors (Lipinski definition) is 3. The van der Waals surface area contributed by atoms with Crippen molar-refractivity contribution in [3.63, 3.8) is 0 Å². The standard InChI is InChI=1S/C8H13ClO2S/c1-5-3-6(4-9)7(12-5)8(10)11-2/h5-7H,3-4H2,1-2H3. The Labute approximate surface area is 82.0 Å². The summed E-state index contributed by atoms with van der Waals surface area (Å²) in [5.74, 6) is 0.714. The highest BCUT2D eigenvalue weighted by atomic mass is 35.5. The third kappa shape index (κ3) is 2.07. The normalized spacial score (nSPS) is 35.1. The third-order valence-corrected chi connectivity index (χ3v) is 4.00. The van der Waals surface area contributed by atoms with Crippen molar-refractivity contribution < 1.29 is 9.53 Å². The van der Waals surface area contributed by atoms with Gasteiger partial charge in [0.25, 0.3) is 0 Å². The van der Waals surface area contributed by atoms with Crippen molar-refractivity contribution in [2.75, 3.05) is 13.0 Å². The van der Waals surface area contributed by atoms with Crippen LogP contribution in [0.15, 0.2) is 0 Å². The van der Waals surface area contributed by atoms with Crippen molar-refractivity contribution >= 4 is 29.3 Å². The van der Waals surface area contributed by atoms with Crippen LogP contribution >= 0.6 is 23.4 Å². The lowest BCUT2D eigenvalue weighted by Crippen LogP contribution is -2.24. The molecule has 1 aliphatic rings. The number of esters is 1. The highest BCUT2D eigenvalue weighted by Gasteiger charge is 2.37. The smallest absolute Gasteiger partial charge is 0.319 e. The van der Waals surface area contributed by atoms with Gasteiger partial charge in [0.05, 0.1) is 7.11 Å². The minimum Gasteiger partial charge on any atom is -0.468 e. The number of thioether (sulfide) groups is 1. The largest absolute Gasteiger partial charge is 0.468 e. The maximum Gasteiger partial charge on any atom is 0.319 e. The second kappa shape index (κ2) is 4.38. The van der Waals surface area contributed by atoms with Crippen LogP contribution in [0.3, 0.4) is 0 Å². The molecule has 1 fully saturated rings. The number of rotatable bonds is 2.